The number of carboxylic acids is 1. The number of nitrogens with one attached hydrogen (secondary N) is 2. The quantitative estimate of drug-likeness (QED) is 0.231. The molecule has 0 saturated carbocycles. The number of nitrogens with zero attached hydrogens (tertiary/aromatic N) is 1. The number of carboxylic acid groups (broad SMARTS) is 1. The highest BCUT2D eigenvalue weighted by Crippen LogP contribution is 2.09. The number of hydroxylamine groups is 1. The van der Waals surface area contributed by atoms with Gasteiger partial charge in [0.2, 0.25) is 5.91 Å². The van der Waals surface area contributed by atoms with E-state index in [0.717, 1.165) is 5.56 Å². The molecule has 0 unspecified atom stereocenters. The summed E-state index contributed by atoms with van der Waals surface area (Å²) in [7, 11) is 0. The van der Waals surface area contributed by atoms with E-state index in [1.165, 1.54) is 6.21 Å². The first-order valence-corrected chi connectivity index (χ1v) is 6.74. The molecule has 0 fully saturated rings. The number of hydrazone groups is 1. The molecule has 0 aromatic heterocycles. The van der Waals surface area contributed by atoms with Crippen molar-refractivity contribution < 1.29 is 29.1 Å². The zero-order valence-electron chi connectivity index (χ0n) is 12.5. The Hall–Kier alpha value is -3.43. The third-order valence-electron chi connectivity index (χ3n) is 2.57. The van der Waals surface area contributed by atoms with E-state index in [1.807, 2.05) is 0 Å². The van der Waals surface area contributed by atoms with Crippen LogP contribution >= 0.6 is 0 Å². The number of anilines is 1. The van der Waals surface area contributed by atoms with Crippen molar-refractivity contribution in [2.75, 3.05) is 5.32 Å². The van der Waals surface area contributed by atoms with E-state index in [4.69, 9.17) is 10.9 Å². The number of hydrogen-bond donors (Lipinski definition) is 4. The standard InChI is InChI=1S/C14H16N4O6/c15-16-8-9-1-3-10(4-2-9)17-11(19)5-6-12(20)18-24-14(23)7-13(21)22/h1-4,8H,5-7,15H2,(H,17,19)(H,18,20)(H,21,22). The Morgan fingerprint density at radius 1 is 1.12 bits per heavy atom. The van der Waals surface area contributed by atoms with Crippen molar-refractivity contribution in [3.05, 3.63) is 29.8 Å². The Bertz CT molecular complexity index is 641. The van der Waals surface area contributed by atoms with E-state index in [0.29, 0.717) is 5.69 Å². The van der Waals surface area contributed by atoms with E-state index in [-0.39, 0.29) is 12.8 Å². The highest BCUT2D eigenvalue weighted by Gasteiger charge is 2.12. The molecule has 0 spiro atoms. The summed E-state index contributed by atoms with van der Waals surface area (Å²) in [5, 5.41) is 14.3. The number of aliphatic carboxylic acids is 1. The van der Waals surface area contributed by atoms with Crippen LogP contribution in [-0.4, -0.2) is 35.1 Å². The molecule has 0 bridgehead atoms. The van der Waals surface area contributed by atoms with Crippen LogP contribution in [0.15, 0.2) is 29.4 Å². The number of carbonyl (C=O) groups is 4. The molecular weight excluding hydrogens is 320 g/mol. The Labute approximate surface area is 136 Å². The molecule has 0 heterocycles. The molecule has 10 heteroatoms. The van der Waals surface area contributed by atoms with Gasteiger partial charge >= 0.3 is 11.9 Å². The van der Waals surface area contributed by atoms with E-state index < -0.39 is 30.2 Å². The topological polar surface area (TPSA) is 160 Å². The molecule has 1 rings (SSSR count). The van der Waals surface area contributed by atoms with Gasteiger partial charge in [-0.25, -0.2) is 4.79 Å². The van der Waals surface area contributed by atoms with Gasteiger partial charge in [-0.15, -0.1) is 0 Å². The molecule has 0 saturated heterocycles. The lowest BCUT2D eigenvalue weighted by Crippen LogP contribution is -2.28. The molecule has 0 aliphatic heterocycles. The number of hydrogen-bond acceptors (Lipinski definition) is 7. The van der Waals surface area contributed by atoms with Gasteiger partial charge in [0.1, 0.15) is 6.42 Å². The summed E-state index contributed by atoms with van der Waals surface area (Å²) in [6, 6.07) is 6.67. The van der Waals surface area contributed by atoms with Crippen LogP contribution < -0.4 is 16.6 Å². The van der Waals surface area contributed by atoms with E-state index in [1.54, 1.807) is 29.7 Å². The van der Waals surface area contributed by atoms with Crippen LogP contribution in [0.1, 0.15) is 24.8 Å². The Morgan fingerprint density at radius 3 is 2.33 bits per heavy atom. The van der Waals surface area contributed by atoms with E-state index >= 15 is 0 Å². The minimum atomic E-state index is -1.38. The fourth-order valence-corrected chi connectivity index (χ4v) is 1.51. The van der Waals surface area contributed by atoms with Crippen LogP contribution in [0.2, 0.25) is 0 Å². The van der Waals surface area contributed by atoms with Crippen molar-refractivity contribution in [2.45, 2.75) is 19.3 Å². The fraction of sp³-hybridized carbons (Fsp3) is 0.214. The molecule has 5 N–H and O–H groups in total. The number of amides is 2. The van der Waals surface area contributed by atoms with Crippen LogP contribution in [0.5, 0.6) is 0 Å². The summed E-state index contributed by atoms with van der Waals surface area (Å²) in [4.78, 5) is 48.4. The zero-order valence-corrected chi connectivity index (χ0v) is 12.5. The minimum Gasteiger partial charge on any atom is -0.481 e. The van der Waals surface area contributed by atoms with Gasteiger partial charge in [0.25, 0.3) is 5.91 Å². The third kappa shape index (κ3) is 7.54. The monoisotopic (exact) mass is 336 g/mol. The number of nitrogens with two attached hydrogens (primary N) is 1. The first kappa shape index (κ1) is 18.6. The summed E-state index contributed by atoms with van der Waals surface area (Å²) in [6.45, 7) is 0. The number of benzene rings is 1. The van der Waals surface area contributed by atoms with Gasteiger partial charge in [-0.1, -0.05) is 12.1 Å². The Balaban J connectivity index is 2.31. The van der Waals surface area contributed by atoms with Crippen molar-refractivity contribution >= 4 is 35.7 Å². The lowest BCUT2D eigenvalue weighted by atomic mass is 10.2. The van der Waals surface area contributed by atoms with Crippen LogP contribution in [-0.2, 0) is 24.0 Å². The van der Waals surface area contributed by atoms with Crippen molar-refractivity contribution in [1.82, 2.24) is 5.48 Å². The second-order valence-electron chi connectivity index (χ2n) is 4.52. The third-order valence-corrected chi connectivity index (χ3v) is 2.57. The van der Waals surface area contributed by atoms with E-state index in [9.17, 15) is 19.2 Å². The van der Waals surface area contributed by atoms with Gasteiger partial charge in [0.15, 0.2) is 0 Å². The zero-order chi connectivity index (χ0) is 17.9. The number of rotatable bonds is 7. The molecule has 0 radical (unpaired) electrons. The largest absolute Gasteiger partial charge is 0.481 e. The lowest BCUT2D eigenvalue weighted by molar-refractivity contribution is -0.162. The van der Waals surface area contributed by atoms with Crippen LogP contribution in [0.25, 0.3) is 0 Å². The van der Waals surface area contributed by atoms with Gasteiger partial charge < -0.3 is 21.1 Å². The SMILES string of the molecule is NN=Cc1ccc(NC(=O)CCC(=O)NOC(=O)CC(=O)O)cc1. The van der Waals surface area contributed by atoms with Gasteiger partial charge in [0, 0.05) is 18.5 Å². The fourth-order valence-electron chi connectivity index (χ4n) is 1.51. The molecule has 2 amide bonds. The lowest BCUT2D eigenvalue weighted by Gasteiger charge is -2.06. The highest BCUT2D eigenvalue weighted by atomic mass is 16.7. The molecule has 0 aliphatic rings. The summed E-state index contributed by atoms with van der Waals surface area (Å²) >= 11 is 0. The second-order valence-corrected chi connectivity index (χ2v) is 4.52. The second kappa shape index (κ2) is 9.56. The summed E-state index contributed by atoms with van der Waals surface area (Å²) in [5.74, 6) is 1.39. The van der Waals surface area contributed by atoms with Gasteiger partial charge in [-0.2, -0.15) is 10.6 Å². The van der Waals surface area contributed by atoms with Crippen molar-refractivity contribution in [2.24, 2.45) is 10.9 Å². The molecule has 10 nitrogen and oxygen atoms in total. The molecule has 128 valence electrons. The van der Waals surface area contributed by atoms with Crippen molar-refractivity contribution in [3.63, 3.8) is 0 Å². The maximum Gasteiger partial charge on any atom is 0.343 e. The summed E-state index contributed by atoms with van der Waals surface area (Å²) < 4.78 is 0. The molecule has 24 heavy (non-hydrogen) atoms. The van der Waals surface area contributed by atoms with Gasteiger partial charge in [-0.3, -0.25) is 14.4 Å². The van der Waals surface area contributed by atoms with Gasteiger partial charge in [0.05, 0.1) is 6.21 Å². The average Bonchev–Trinajstić information content (AvgIpc) is 2.52. The molecule has 1 aromatic rings. The minimum absolute atomic E-state index is 0.145. The predicted molar refractivity (Wildman–Crippen MR) is 82.6 cm³/mol. The van der Waals surface area contributed by atoms with Crippen molar-refractivity contribution in [3.8, 4) is 0 Å². The first-order valence-electron chi connectivity index (χ1n) is 6.74. The first-order chi connectivity index (χ1) is 11.4. The van der Waals surface area contributed by atoms with Crippen LogP contribution in [0, 0.1) is 0 Å². The molecule has 1 aromatic carbocycles. The van der Waals surface area contributed by atoms with E-state index in [2.05, 4.69) is 15.3 Å². The smallest absolute Gasteiger partial charge is 0.343 e. The molecular formula is C14H16N4O6. The van der Waals surface area contributed by atoms with Crippen molar-refractivity contribution in [1.29, 1.82) is 0 Å². The maximum atomic E-state index is 11.7. The average molecular weight is 336 g/mol. The molecule has 0 aliphatic carbocycles. The highest BCUT2D eigenvalue weighted by molar-refractivity contribution is 5.94. The molecule has 0 atom stereocenters. The normalized spacial score (nSPS) is 10.2. The van der Waals surface area contributed by atoms with Gasteiger partial charge in [-0.05, 0) is 17.7 Å². The Kier molecular flexibility index (Phi) is 7.42. The predicted octanol–water partition coefficient (Wildman–Crippen LogP) is -0.253. The van der Waals surface area contributed by atoms with Crippen LogP contribution in [0.3, 0.4) is 0 Å². The van der Waals surface area contributed by atoms with Crippen LogP contribution in [0.4, 0.5) is 5.69 Å². The summed E-state index contributed by atoms with van der Waals surface area (Å²) in [6.07, 6.45) is 0.200. The maximum absolute atomic E-state index is 11.7. The number of carbonyl (C=O) groups excluding carboxylic acids is 3. The Morgan fingerprint density at radius 2 is 1.75 bits per heavy atom. The summed E-state index contributed by atoms with van der Waals surface area (Å²) in [5.41, 5.74) is 3.06.